The molecule has 0 heterocycles. The van der Waals surface area contributed by atoms with Crippen LogP contribution in [0.4, 0.5) is 0 Å². The first-order valence-corrected chi connectivity index (χ1v) is 7.41. The van der Waals surface area contributed by atoms with Gasteiger partial charge in [-0.15, -0.1) is 0 Å². The van der Waals surface area contributed by atoms with Gasteiger partial charge in [0.25, 0.3) is 0 Å². The zero-order chi connectivity index (χ0) is 14.5. The molecule has 0 saturated carbocycles. The lowest BCUT2D eigenvalue weighted by molar-refractivity contribution is 0.217. The van der Waals surface area contributed by atoms with Crippen molar-refractivity contribution in [2.45, 2.75) is 52.1 Å². The van der Waals surface area contributed by atoms with Gasteiger partial charge in [-0.3, -0.25) is 4.90 Å². The smallest absolute Gasteiger partial charge is 0.140 e. The molecule has 1 aromatic carbocycles. The molecule has 0 bridgehead atoms. The van der Waals surface area contributed by atoms with E-state index in [1.807, 2.05) is 0 Å². The minimum atomic E-state index is 0.296. The number of nitrogens with zero attached hydrogens (tertiary/aromatic N) is 2. The van der Waals surface area contributed by atoms with Gasteiger partial charge in [-0.05, 0) is 49.8 Å². The van der Waals surface area contributed by atoms with Crippen molar-refractivity contribution in [2.75, 3.05) is 6.54 Å². The summed E-state index contributed by atoms with van der Waals surface area (Å²) in [5, 5.41) is 11.7. The molecule has 0 spiro atoms. The predicted molar refractivity (Wildman–Crippen MR) is 82.0 cm³/mol. The Balaban J connectivity index is 2.00. The fourth-order valence-corrected chi connectivity index (χ4v) is 2.79. The fraction of sp³-hybridized carbons (Fsp3) is 0.562. The summed E-state index contributed by atoms with van der Waals surface area (Å²) >= 11 is 0. The van der Waals surface area contributed by atoms with Crippen LogP contribution in [0.2, 0.25) is 0 Å². The van der Waals surface area contributed by atoms with E-state index in [1.54, 1.807) is 0 Å². The van der Waals surface area contributed by atoms with Gasteiger partial charge in [-0.2, -0.15) is 0 Å². The van der Waals surface area contributed by atoms with Crippen LogP contribution in [0, 0.1) is 0 Å². The second kappa shape index (κ2) is 6.75. The number of oxime groups is 1. The maximum Gasteiger partial charge on any atom is 0.140 e. The highest BCUT2D eigenvalue weighted by Crippen LogP contribution is 2.23. The maximum absolute atomic E-state index is 8.63. The Morgan fingerprint density at radius 2 is 2.10 bits per heavy atom. The summed E-state index contributed by atoms with van der Waals surface area (Å²) in [6, 6.07) is 7.30. The largest absolute Gasteiger partial charge is 0.409 e. The van der Waals surface area contributed by atoms with E-state index in [9.17, 15) is 0 Å². The number of benzene rings is 1. The zero-order valence-corrected chi connectivity index (χ0v) is 12.5. The average molecular weight is 275 g/mol. The highest BCUT2D eigenvalue weighted by molar-refractivity contribution is 5.79. The molecule has 0 aromatic heterocycles. The van der Waals surface area contributed by atoms with E-state index in [2.05, 4.69) is 42.1 Å². The lowest BCUT2D eigenvalue weighted by Crippen LogP contribution is -2.33. The molecule has 110 valence electrons. The molecule has 1 aliphatic carbocycles. The van der Waals surface area contributed by atoms with Gasteiger partial charge in [0.2, 0.25) is 0 Å². The molecule has 3 N–H and O–H groups in total. The SMILES string of the molecule is CC(C)N(CCC(N)=NO)Cc1ccc2c(c1)CCC2. The third kappa shape index (κ3) is 3.73. The van der Waals surface area contributed by atoms with Crippen molar-refractivity contribution in [2.24, 2.45) is 10.9 Å². The van der Waals surface area contributed by atoms with Gasteiger partial charge in [-0.1, -0.05) is 23.4 Å². The summed E-state index contributed by atoms with van der Waals surface area (Å²) < 4.78 is 0. The zero-order valence-electron chi connectivity index (χ0n) is 12.5. The Morgan fingerprint density at radius 3 is 2.80 bits per heavy atom. The van der Waals surface area contributed by atoms with E-state index in [4.69, 9.17) is 10.9 Å². The Morgan fingerprint density at radius 1 is 1.35 bits per heavy atom. The van der Waals surface area contributed by atoms with E-state index in [0.717, 1.165) is 13.1 Å². The van der Waals surface area contributed by atoms with Crippen molar-refractivity contribution in [1.29, 1.82) is 0 Å². The standard InChI is InChI=1S/C16H25N3O/c1-12(2)19(9-8-16(17)18-20)11-13-6-7-14-4-3-5-15(14)10-13/h6-7,10,12,20H,3-5,8-9,11H2,1-2H3,(H2,17,18). The molecule has 1 aromatic rings. The molecule has 0 amide bonds. The first-order valence-electron chi connectivity index (χ1n) is 7.41. The summed E-state index contributed by atoms with van der Waals surface area (Å²) in [4.78, 5) is 2.36. The van der Waals surface area contributed by atoms with Crippen molar-refractivity contribution in [1.82, 2.24) is 4.90 Å². The van der Waals surface area contributed by atoms with E-state index >= 15 is 0 Å². The number of amidine groups is 1. The first-order chi connectivity index (χ1) is 9.60. The number of hydrogen-bond acceptors (Lipinski definition) is 3. The molecule has 0 aliphatic heterocycles. The van der Waals surface area contributed by atoms with Crippen LogP contribution in [-0.4, -0.2) is 28.5 Å². The summed E-state index contributed by atoms with van der Waals surface area (Å²) in [7, 11) is 0. The summed E-state index contributed by atoms with van der Waals surface area (Å²) in [6.07, 6.45) is 4.33. The van der Waals surface area contributed by atoms with Gasteiger partial charge in [-0.25, -0.2) is 0 Å². The Labute approximate surface area is 121 Å². The van der Waals surface area contributed by atoms with Crippen LogP contribution in [-0.2, 0) is 19.4 Å². The van der Waals surface area contributed by atoms with E-state index in [-0.39, 0.29) is 0 Å². The van der Waals surface area contributed by atoms with Crippen LogP contribution in [0.3, 0.4) is 0 Å². The van der Waals surface area contributed by atoms with Gasteiger partial charge in [0.1, 0.15) is 5.84 Å². The van der Waals surface area contributed by atoms with Crippen LogP contribution in [0.1, 0.15) is 43.4 Å². The molecule has 0 unspecified atom stereocenters. The number of nitrogens with two attached hydrogens (primary N) is 1. The summed E-state index contributed by atoms with van der Waals surface area (Å²) in [6.45, 7) is 6.09. The minimum absolute atomic E-state index is 0.296. The number of fused-ring (bicyclic) bond motifs is 1. The lowest BCUT2D eigenvalue weighted by atomic mass is 10.1. The van der Waals surface area contributed by atoms with Gasteiger partial charge >= 0.3 is 0 Å². The molecule has 0 fully saturated rings. The first kappa shape index (κ1) is 14.9. The third-order valence-corrected chi connectivity index (χ3v) is 4.06. The molecule has 2 rings (SSSR count). The molecule has 4 nitrogen and oxygen atoms in total. The van der Waals surface area contributed by atoms with E-state index in [1.165, 1.54) is 36.0 Å². The molecular weight excluding hydrogens is 250 g/mol. The number of rotatable bonds is 6. The Bertz CT molecular complexity index is 483. The second-order valence-electron chi connectivity index (χ2n) is 5.86. The van der Waals surface area contributed by atoms with Crippen LogP contribution < -0.4 is 5.73 Å². The normalized spacial score (nSPS) is 15.1. The predicted octanol–water partition coefficient (Wildman–Crippen LogP) is 2.52. The third-order valence-electron chi connectivity index (χ3n) is 4.06. The molecule has 0 radical (unpaired) electrons. The fourth-order valence-electron chi connectivity index (χ4n) is 2.79. The molecule has 20 heavy (non-hydrogen) atoms. The van der Waals surface area contributed by atoms with Crippen molar-refractivity contribution in [3.05, 3.63) is 34.9 Å². The van der Waals surface area contributed by atoms with E-state index in [0.29, 0.717) is 18.3 Å². The van der Waals surface area contributed by atoms with Crippen molar-refractivity contribution < 1.29 is 5.21 Å². The van der Waals surface area contributed by atoms with Gasteiger partial charge in [0.15, 0.2) is 0 Å². The summed E-state index contributed by atoms with van der Waals surface area (Å²) in [5.41, 5.74) is 9.95. The van der Waals surface area contributed by atoms with Gasteiger partial charge in [0, 0.05) is 25.6 Å². The molecule has 0 atom stereocenters. The van der Waals surface area contributed by atoms with E-state index < -0.39 is 0 Å². The van der Waals surface area contributed by atoms with Crippen LogP contribution in [0.5, 0.6) is 0 Å². The second-order valence-corrected chi connectivity index (χ2v) is 5.86. The lowest BCUT2D eigenvalue weighted by Gasteiger charge is -2.26. The van der Waals surface area contributed by atoms with Crippen molar-refractivity contribution in [3.63, 3.8) is 0 Å². The maximum atomic E-state index is 8.63. The monoisotopic (exact) mass is 275 g/mol. The average Bonchev–Trinajstić information content (AvgIpc) is 2.90. The number of aryl methyl sites for hydroxylation is 2. The van der Waals surface area contributed by atoms with Crippen molar-refractivity contribution >= 4 is 5.84 Å². The van der Waals surface area contributed by atoms with Crippen LogP contribution in [0.25, 0.3) is 0 Å². The van der Waals surface area contributed by atoms with Gasteiger partial charge in [0.05, 0.1) is 0 Å². The topological polar surface area (TPSA) is 61.8 Å². The van der Waals surface area contributed by atoms with Crippen LogP contribution >= 0.6 is 0 Å². The summed E-state index contributed by atoms with van der Waals surface area (Å²) in [5.74, 6) is 0.296. The minimum Gasteiger partial charge on any atom is -0.409 e. The Kier molecular flexibility index (Phi) is 5.01. The molecular formula is C16H25N3O. The van der Waals surface area contributed by atoms with Crippen molar-refractivity contribution in [3.8, 4) is 0 Å². The van der Waals surface area contributed by atoms with Gasteiger partial charge < -0.3 is 10.9 Å². The molecule has 4 heteroatoms. The molecule has 0 saturated heterocycles. The highest BCUT2D eigenvalue weighted by Gasteiger charge is 2.14. The van der Waals surface area contributed by atoms with Crippen LogP contribution in [0.15, 0.2) is 23.4 Å². The highest BCUT2D eigenvalue weighted by atomic mass is 16.4. The quantitative estimate of drug-likeness (QED) is 0.363. The molecule has 1 aliphatic rings. The number of hydrogen-bond donors (Lipinski definition) is 2. The Hall–Kier alpha value is -1.55.